The van der Waals surface area contributed by atoms with Crippen LogP contribution in [-0.2, 0) is 4.79 Å². The molecule has 0 radical (unpaired) electrons. The van der Waals surface area contributed by atoms with Gasteiger partial charge in [-0.2, -0.15) is 0 Å². The predicted octanol–water partition coefficient (Wildman–Crippen LogP) is 2.64. The maximum atomic E-state index is 12.4. The average molecular weight is 374 g/mol. The summed E-state index contributed by atoms with van der Waals surface area (Å²) in [7, 11) is 2.08. The number of hydrogen-bond acceptors (Lipinski definition) is 4. The van der Waals surface area contributed by atoms with Gasteiger partial charge in [0.25, 0.3) is 0 Å². The summed E-state index contributed by atoms with van der Waals surface area (Å²) in [6.45, 7) is 2.68. The van der Waals surface area contributed by atoms with Crippen molar-refractivity contribution in [3.63, 3.8) is 0 Å². The first-order chi connectivity index (χ1) is 13.1. The number of aliphatic hydroxyl groups is 1. The summed E-state index contributed by atoms with van der Waals surface area (Å²) >= 11 is 0. The first kappa shape index (κ1) is 20.2. The molecule has 0 bridgehead atoms. The van der Waals surface area contributed by atoms with E-state index in [1.807, 2.05) is 18.2 Å². The molecule has 27 heavy (non-hydrogen) atoms. The number of nitrogens with zero attached hydrogens (tertiary/aromatic N) is 2. The van der Waals surface area contributed by atoms with E-state index < -0.39 is 0 Å². The number of β-amino-alcohol motifs (C(OH)–C–C–N with tert-alkyl or cyclic N) is 1. The summed E-state index contributed by atoms with van der Waals surface area (Å²) in [6, 6.07) is 10.7. The van der Waals surface area contributed by atoms with Crippen molar-refractivity contribution < 1.29 is 9.90 Å². The minimum atomic E-state index is -0.274. The lowest BCUT2D eigenvalue weighted by atomic mass is 9.83. The predicted molar refractivity (Wildman–Crippen MR) is 110 cm³/mol. The zero-order chi connectivity index (χ0) is 19.1. The monoisotopic (exact) mass is 373 g/mol. The van der Waals surface area contributed by atoms with E-state index in [-0.39, 0.29) is 12.0 Å². The second kappa shape index (κ2) is 10.1. The summed E-state index contributed by atoms with van der Waals surface area (Å²) < 4.78 is 0. The minimum Gasteiger partial charge on any atom is -0.392 e. The second-order valence-electron chi connectivity index (χ2n) is 8.25. The molecule has 1 amide bonds. The number of aliphatic hydroxyl groups excluding tert-OH is 1. The van der Waals surface area contributed by atoms with E-state index in [1.165, 1.54) is 37.8 Å². The molecule has 0 aromatic heterocycles. The summed E-state index contributed by atoms with van der Waals surface area (Å²) in [5.74, 6) is 0.746. The lowest BCUT2D eigenvalue weighted by Gasteiger charge is -2.33. The number of carbonyl (C=O) groups excluding carboxylic acids is 1. The van der Waals surface area contributed by atoms with Gasteiger partial charge in [0.2, 0.25) is 5.91 Å². The Labute approximate surface area is 163 Å². The number of nitrogens with one attached hydrogen (secondary N) is 1. The molecule has 1 aromatic carbocycles. The Morgan fingerprint density at radius 2 is 1.96 bits per heavy atom. The molecule has 1 heterocycles. The Kier molecular flexibility index (Phi) is 7.53. The molecule has 2 atom stereocenters. The van der Waals surface area contributed by atoms with E-state index in [2.05, 4.69) is 34.3 Å². The number of carbonyl (C=O) groups is 1. The molecule has 5 nitrogen and oxygen atoms in total. The Bertz CT molecular complexity index is 574. The Balaban J connectivity index is 1.38. The van der Waals surface area contributed by atoms with Crippen LogP contribution in [0.2, 0.25) is 0 Å². The van der Waals surface area contributed by atoms with E-state index in [0.29, 0.717) is 31.6 Å². The van der Waals surface area contributed by atoms with Gasteiger partial charge in [0.15, 0.2) is 0 Å². The van der Waals surface area contributed by atoms with Crippen molar-refractivity contribution in [2.45, 2.75) is 57.1 Å². The van der Waals surface area contributed by atoms with Crippen LogP contribution in [0.1, 0.15) is 44.9 Å². The first-order valence-corrected chi connectivity index (χ1v) is 10.6. The van der Waals surface area contributed by atoms with Gasteiger partial charge in [-0.15, -0.1) is 0 Å². The SMILES string of the molecule is CN(CCCNC(=O)CN1CC(O)CC1C1CCCCC1)c1ccccc1. The third-order valence-corrected chi connectivity index (χ3v) is 6.16. The van der Waals surface area contributed by atoms with Gasteiger partial charge in [-0.05, 0) is 43.7 Å². The van der Waals surface area contributed by atoms with Gasteiger partial charge >= 0.3 is 0 Å². The third kappa shape index (κ3) is 5.94. The topological polar surface area (TPSA) is 55.8 Å². The number of para-hydroxylation sites is 1. The molecule has 5 heteroatoms. The molecule has 1 saturated heterocycles. The summed E-state index contributed by atoms with van der Waals surface area (Å²) in [5, 5.41) is 13.2. The maximum absolute atomic E-state index is 12.4. The highest BCUT2D eigenvalue weighted by Gasteiger charge is 2.37. The van der Waals surface area contributed by atoms with Gasteiger partial charge in [0.1, 0.15) is 0 Å². The molecule has 0 spiro atoms. The molecule has 1 aliphatic carbocycles. The molecule has 3 rings (SSSR count). The smallest absolute Gasteiger partial charge is 0.234 e. The normalized spacial score (nSPS) is 24.1. The van der Waals surface area contributed by atoms with Crippen molar-refractivity contribution in [3.8, 4) is 0 Å². The van der Waals surface area contributed by atoms with Crippen molar-refractivity contribution in [3.05, 3.63) is 30.3 Å². The van der Waals surface area contributed by atoms with Gasteiger partial charge < -0.3 is 15.3 Å². The minimum absolute atomic E-state index is 0.0901. The largest absolute Gasteiger partial charge is 0.392 e. The zero-order valence-electron chi connectivity index (χ0n) is 16.6. The fourth-order valence-corrected chi connectivity index (χ4v) is 4.70. The standard InChI is InChI=1S/C22H35N3O2/c1-24(19-11-6-3-7-12-19)14-8-13-23-22(27)17-25-16-20(26)15-21(25)18-9-4-2-5-10-18/h3,6-7,11-12,18,20-21,26H,2,4-5,8-10,13-17H2,1H3,(H,23,27). The summed E-state index contributed by atoms with van der Waals surface area (Å²) in [6.07, 6.45) is 7.92. The summed E-state index contributed by atoms with van der Waals surface area (Å²) in [4.78, 5) is 16.8. The highest BCUT2D eigenvalue weighted by Crippen LogP contribution is 2.34. The van der Waals surface area contributed by atoms with E-state index in [1.54, 1.807) is 0 Å². The Hall–Kier alpha value is -1.59. The van der Waals surface area contributed by atoms with E-state index in [9.17, 15) is 9.90 Å². The van der Waals surface area contributed by atoms with E-state index in [0.717, 1.165) is 19.4 Å². The molecule has 2 aliphatic rings. The van der Waals surface area contributed by atoms with Gasteiger partial charge in [0, 0.05) is 38.4 Å². The highest BCUT2D eigenvalue weighted by molar-refractivity contribution is 5.78. The van der Waals surface area contributed by atoms with Crippen molar-refractivity contribution in [2.24, 2.45) is 5.92 Å². The van der Waals surface area contributed by atoms with E-state index >= 15 is 0 Å². The van der Waals surface area contributed by atoms with Crippen molar-refractivity contribution in [2.75, 3.05) is 38.1 Å². The van der Waals surface area contributed by atoms with Gasteiger partial charge in [0.05, 0.1) is 12.6 Å². The highest BCUT2D eigenvalue weighted by atomic mass is 16.3. The summed E-state index contributed by atoms with van der Waals surface area (Å²) in [5.41, 5.74) is 1.20. The zero-order valence-corrected chi connectivity index (χ0v) is 16.6. The number of rotatable bonds is 8. The number of amides is 1. The average Bonchev–Trinajstić information content (AvgIpc) is 3.06. The van der Waals surface area contributed by atoms with Crippen LogP contribution in [0.15, 0.2) is 30.3 Å². The molecule has 1 aliphatic heterocycles. The molecular formula is C22H35N3O2. The Morgan fingerprint density at radius 3 is 2.70 bits per heavy atom. The van der Waals surface area contributed by atoms with E-state index in [4.69, 9.17) is 0 Å². The van der Waals surface area contributed by atoms with Crippen LogP contribution in [0.3, 0.4) is 0 Å². The molecule has 2 fully saturated rings. The fraction of sp³-hybridized carbons (Fsp3) is 0.682. The quantitative estimate of drug-likeness (QED) is 0.688. The van der Waals surface area contributed by atoms with Crippen LogP contribution in [0.25, 0.3) is 0 Å². The molecule has 1 saturated carbocycles. The lowest BCUT2D eigenvalue weighted by Crippen LogP contribution is -2.43. The first-order valence-electron chi connectivity index (χ1n) is 10.6. The van der Waals surface area contributed by atoms with Gasteiger partial charge in [-0.25, -0.2) is 0 Å². The Morgan fingerprint density at radius 1 is 1.22 bits per heavy atom. The van der Waals surface area contributed by atoms with Crippen LogP contribution < -0.4 is 10.2 Å². The number of benzene rings is 1. The van der Waals surface area contributed by atoms with Gasteiger partial charge in [-0.1, -0.05) is 37.5 Å². The van der Waals surface area contributed by atoms with Gasteiger partial charge in [-0.3, -0.25) is 9.69 Å². The maximum Gasteiger partial charge on any atom is 0.234 e. The molecular weight excluding hydrogens is 338 g/mol. The van der Waals surface area contributed by atoms with Crippen LogP contribution in [0.4, 0.5) is 5.69 Å². The number of likely N-dealkylation sites (tertiary alicyclic amines) is 1. The third-order valence-electron chi connectivity index (χ3n) is 6.16. The second-order valence-corrected chi connectivity index (χ2v) is 8.25. The lowest BCUT2D eigenvalue weighted by molar-refractivity contribution is -0.122. The molecule has 2 N–H and O–H groups in total. The van der Waals surface area contributed by atoms with Crippen molar-refractivity contribution in [1.82, 2.24) is 10.2 Å². The number of anilines is 1. The number of hydrogen-bond donors (Lipinski definition) is 2. The van der Waals surface area contributed by atoms with Crippen LogP contribution in [0, 0.1) is 5.92 Å². The molecule has 1 aromatic rings. The van der Waals surface area contributed by atoms with Crippen LogP contribution >= 0.6 is 0 Å². The molecule has 150 valence electrons. The fourth-order valence-electron chi connectivity index (χ4n) is 4.70. The molecule has 2 unspecified atom stereocenters. The van der Waals surface area contributed by atoms with Crippen molar-refractivity contribution in [1.29, 1.82) is 0 Å². The van der Waals surface area contributed by atoms with Crippen molar-refractivity contribution >= 4 is 11.6 Å². The van der Waals surface area contributed by atoms with Crippen LogP contribution in [0.5, 0.6) is 0 Å². The van der Waals surface area contributed by atoms with Crippen LogP contribution in [-0.4, -0.2) is 61.3 Å².